The van der Waals surface area contributed by atoms with Crippen LogP contribution in [0.5, 0.6) is 5.75 Å². The van der Waals surface area contributed by atoms with Gasteiger partial charge in [-0.3, -0.25) is 10.1 Å². The van der Waals surface area contributed by atoms with Gasteiger partial charge >= 0.3 is 0 Å². The quantitative estimate of drug-likeness (QED) is 0.354. The van der Waals surface area contributed by atoms with E-state index in [1.54, 1.807) is 6.08 Å². The normalized spacial score (nSPS) is 11.0. The van der Waals surface area contributed by atoms with E-state index in [-0.39, 0.29) is 22.9 Å². The van der Waals surface area contributed by atoms with Crippen LogP contribution in [0.25, 0.3) is 0 Å². The molecular formula is C11H14N2O5S. The van der Waals surface area contributed by atoms with Gasteiger partial charge in [0.05, 0.1) is 11.5 Å². The minimum Gasteiger partial charge on any atom is -0.492 e. The van der Waals surface area contributed by atoms with Crippen molar-refractivity contribution in [2.45, 2.75) is 17.7 Å². The largest absolute Gasteiger partial charge is 0.492 e. The molecule has 0 amide bonds. The fraction of sp³-hybridized carbons (Fsp3) is 0.273. The molecular weight excluding hydrogens is 272 g/mol. The Bertz CT molecular complexity index is 583. The third-order valence-corrected chi connectivity index (χ3v) is 3.19. The zero-order valence-corrected chi connectivity index (χ0v) is 10.9. The first-order valence-electron chi connectivity index (χ1n) is 5.41. The number of nitro benzene ring substituents is 1. The second-order valence-electron chi connectivity index (χ2n) is 3.71. The Kier molecular flexibility index (Phi) is 5.02. The van der Waals surface area contributed by atoms with Crippen LogP contribution in [0.15, 0.2) is 35.7 Å². The van der Waals surface area contributed by atoms with Crippen LogP contribution in [0.4, 0.5) is 5.69 Å². The predicted octanol–water partition coefficient (Wildman–Crippen LogP) is 1.59. The van der Waals surface area contributed by atoms with Gasteiger partial charge in [0, 0.05) is 12.1 Å². The molecule has 7 nitrogen and oxygen atoms in total. The first kappa shape index (κ1) is 15.1. The van der Waals surface area contributed by atoms with Crippen molar-refractivity contribution in [2.75, 3.05) is 6.61 Å². The van der Waals surface area contributed by atoms with E-state index in [9.17, 15) is 18.5 Å². The highest BCUT2D eigenvalue weighted by Crippen LogP contribution is 2.27. The van der Waals surface area contributed by atoms with Crippen LogP contribution in [-0.2, 0) is 10.0 Å². The standard InChI is InChI=1S/C11H14N2O5S/c1-2-3-4-7-18-10-6-5-9(13(14)15)8-11(10)19(12,16)17/h2,5-6,8H,1,3-4,7H2,(H2,12,16,17). The highest BCUT2D eigenvalue weighted by atomic mass is 32.2. The molecule has 0 aliphatic carbocycles. The van der Waals surface area contributed by atoms with Gasteiger partial charge < -0.3 is 4.74 Å². The molecule has 0 saturated heterocycles. The number of primary sulfonamides is 1. The third-order valence-electron chi connectivity index (χ3n) is 2.25. The summed E-state index contributed by atoms with van der Waals surface area (Å²) in [6.07, 6.45) is 3.09. The average molecular weight is 286 g/mol. The highest BCUT2D eigenvalue weighted by molar-refractivity contribution is 7.89. The van der Waals surface area contributed by atoms with Crippen LogP contribution < -0.4 is 9.88 Å². The van der Waals surface area contributed by atoms with Crippen molar-refractivity contribution in [3.63, 3.8) is 0 Å². The number of unbranched alkanes of at least 4 members (excludes halogenated alkanes) is 1. The minimum absolute atomic E-state index is 0.0113. The first-order chi connectivity index (χ1) is 8.86. The monoisotopic (exact) mass is 286 g/mol. The van der Waals surface area contributed by atoms with Crippen molar-refractivity contribution in [1.82, 2.24) is 0 Å². The lowest BCUT2D eigenvalue weighted by Gasteiger charge is -2.09. The Labute approximate surface area is 110 Å². The summed E-state index contributed by atoms with van der Waals surface area (Å²) in [6, 6.07) is 3.28. The van der Waals surface area contributed by atoms with Crippen molar-refractivity contribution < 1.29 is 18.1 Å². The van der Waals surface area contributed by atoms with E-state index in [4.69, 9.17) is 9.88 Å². The van der Waals surface area contributed by atoms with Gasteiger partial charge in [-0.25, -0.2) is 13.6 Å². The average Bonchev–Trinajstić information content (AvgIpc) is 2.33. The van der Waals surface area contributed by atoms with Crippen LogP contribution in [0.2, 0.25) is 0 Å². The zero-order valence-electron chi connectivity index (χ0n) is 10.1. The number of sulfonamides is 1. The predicted molar refractivity (Wildman–Crippen MR) is 69.4 cm³/mol. The molecule has 0 heterocycles. The summed E-state index contributed by atoms with van der Waals surface area (Å²) in [5.74, 6) is 0.0113. The maximum atomic E-state index is 11.4. The molecule has 1 aromatic rings. The number of hydrogen-bond donors (Lipinski definition) is 1. The van der Waals surface area contributed by atoms with E-state index in [0.717, 1.165) is 18.6 Å². The summed E-state index contributed by atoms with van der Waals surface area (Å²) in [7, 11) is -4.08. The maximum absolute atomic E-state index is 11.4. The summed E-state index contributed by atoms with van der Waals surface area (Å²) in [6.45, 7) is 3.82. The van der Waals surface area contributed by atoms with Gasteiger partial charge in [0.1, 0.15) is 10.6 Å². The lowest BCUT2D eigenvalue weighted by molar-refractivity contribution is -0.385. The molecule has 2 N–H and O–H groups in total. The molecule has 0 fully saturated rings. The molecule has 0 aliphatic heterocycles. The fourth-order valence-electron chi connectivity index (χ4n) is 1.36. The lowest BCUT2D eigenvalue weighted by Crippen LogP contribution is -2.14. The molecule has 0 aliphatic rings. The molecule has 104 valence electrons. The summed E-state index contributed by atoms with van der Waals surface area (Å²) >= 11 is 0. The van der Waals surface area contributed by atoms with Crippen molar-refractivity contribution in [2.24, 2.45) is 5.14 Å². The van der Waals surface area contributed by atoms with Gasteiger partial charge in [-0.15, -0.1) is 6.58 Å². The van der Waals surface area contributed by atoms with E-state index in [2.05, 4.69) is 6.58 Å². The molecule has 0 unspecified atom stereocenters. The molecule has 1 rings (SSSR count). The number of benzene rings is 1. The van der Waals surface area contributed by atoms with Crippen LogP contribution >= 0.6 is 0 Å². The van der Waals surface area contributed by atoms with Gasteiger partial charge in [0.2, 0.25) is 10.0 Å². The second kappa shape index (κ2) is 6.30. The van der Waals surface area contributed by atoms with Crippen LogP contribution in [0, 0.1) is 10.1 Å². The topological polar surface area (TPSA) is 113 Å². The summed E-state index contributed by atoms with van der Waals surface area (Å²) < 4.78 is 28.0. The molecule has 1 aromatic carbocycles. The molecule has 8 heteroatoms. The van der Waals surface area contributed by atoms with Crippen molar-refractivity contribution in [3.8, 4) is 5.75 Å². The summed E-state index contributed by atoms with van der Waals surface area (Å²) in [4.78, 5) is 9.52. The zero-order chi connectivity index (χ0) is 14.5. The van der Waals surface area contributed by atoms with E-state index in [0.29, 0.717) is 6.42 Å². The lowest BCUT2D eigenvalue weighted by atomic mass is 10.3. The number of rotatable bonds is 7. The summed E-state index contributed by atoms with van der Waals surface area (Å²) in [5, 5.41) is 15.6. The molecule has 0 aromatic heterocycles. The number of allylic oxidation sites excluding steroid dienone is 1. The van der Waals surface area contributed by atoms with E-state index in [1.807, 2.05) is 0 Å². The van der Waals surface area contributed by atoms with Crippen LogP contribution in [0.1, 0.15) is 12.8 Å². The van der Waals surface area contributed by atoms with Crippen LogP contribution in [-0.4, -0.2) is 19.9 Å². The third kappa shape index (κ3) is 4.34. The first-order valence-corrected chi connectivity index (χ1v) is 6.96. The van der Waals surface area contributed by atoms with Gasteiger partial charge in [-0.2, -0.15) is 0 Å². The fourth-order valence-corrected chi connectivity index (χ4v) is 2.05. The number of ether oxygens (including phenoxy) is 1. The minimum atomic E-state index is -4.08. The Morgan fingerprint density at radius 3 is 2.68 bits per heavy atom. The Hall–Kier alpha value is -1.93. The van der Waals surface area contributed by atoms with E-state index in [1.165, 1.54) is 6.07 Å². The molecule has 0 saturated carbocycles. The second-order valence-corrected chi connectivity index (χ2v) is 5.24. The van der Waals surface area contributed by atoms with Crippen molar-refractivity contribution >= 4 is 15.7 Å². The van der Waals surface area contributed by atoms with Crippen molar-refractivity contribution in [1.29, 1.82) is 0 Å². The SMILES string of the molecule is C=CCCCOc1ccc([N+](=O)[O-])cc1S(N)(=O)=O. The molecule has 0 radical (unpaired) electrons. The molecule has 0 bridgehead atoms. The molecule has 19 heavy (non-hydrogen) atoms. The molecule has 0 spiro atoms. The van der Waals surface area contributed by atoms with Gasteiger partial charge in [0.25, 0.3) is 5.69 Å². The van der Waals surface area contributed by atoms with Gasteiger partial charge in [-0.05, 0) is 18.9 Å². The number of nitrogens with zero attached hydrogens (tertiary/aromatic N) is 1. The van der Waals surface area contributed by atoms with Crippen LogP contribution in [0.3, 0.4) is 0 Å². The maximum Gasteiger partial charge on any atom is 0.271 e. The number of nitrogens with two attached hydrogens (primary N) is 1. The number of hydrogen-bond acceptors (Lipinski definition) is 5. The highest BCUT2D eigenvalue weighted by Gasteiger charge is 2.19. The number of nitro groups is 1. The number of non-ortho nitro benzene ring substituents is 1. The van der Waals surface area contributed by atoms with E-state index >= 15 is 0 Å². The van der Waals surface area contributed by atoms with Crippen molar-refractivity contribution in [3.05, 3.63) is 41.0 Å². The Balaban J connectivity index is 3.03. The van der Waals surface area contributed by atoms with Gasteiger partial charge in [-0.1, -0.05) is 6.08 Å². The smallest absolute Gasteiger partial charge is 0.271 e. The van der Waals surface area contributed by atoms with Gasteiger partial charge in [0.15, 0.2) is 0 Å². The van der Waals surface area contributed by atoms with E-state index < -0.39 is 14.9 Å². The summed E-state index contributed by atoms with van der Waals surface area (Å²) in [5.41, 5.74) is -0.359. The molecule has 0 atom stereocenters. The Morgan fingerprint density at radius 1 is 1.47 bits per heavy atom. The Morgan fingerprint density at radius 2 is 2.16 bits per heavy atom.